The number of amides is 1. The van der Waals surface area contributed by atoms with Crippen molar-refractivity contribution in [3.8, 4) is 0 Å². The molecule has 3 rings (SSSR count). The third-order valence-corrected chi connectivity index (χ3v) is 6.60. The highest BCUT2D eigenvalue weighted by Crippen LogP contribution is 2.23. The number of ether oxygens (including phenoxy) is 1. The lowest BCUT2D eigenvalue weighted by Crippen LogP contribution is -2.30. The molecule has 0 saturated heterocycles. The van der Waals surface area contributed by atoms with E-state index in [2.05, 4.69) is 10.3 Å². The Labute approximate surface area is 190 Å². The van der Waals surface area contributed by atoms with Crippen LogP contribution in [0, 0.1) is 0 Å². The predicted molar refractivity (Wildman–Crippen MR) is 121 cm³/mol. The molecule has 0 aliphatic heterocycles. The molecule has 1 amide bonds. The maximum absolute atomic E-state index is 13.0. The van der Waals surface area contributed by atoms with Crippen molar-refractivity contribution >= 4 is 44.9 Å². The predicted octanol–water partition coefficient (Wildman–Crippen LogP) is 3.75. The van der Waals surface area contributed by atoms with Gasteiger partial charge in [0.05, 0.1) is 21.8 Å². The molecule has 166 valence electrons. The Morgan fingerprint density at radius 1 is 1.03 bits per heavy atom. The normalized spacial score (nSPS) is 10.9. The van der Waals surface area contributed by atoms with E-state index < -0.39 is 28.5 Å². The molecule has 0 atom stereocenters. The molecule has 0 aliphatic carbocycles. The fraction of sp³-hybridized carbons (Fsp3) is 0.136. The first kappa shape index (κ1) is 23.2. The summed E-state index contributed by atoms with van der Waals surface area (Å²) in [4.78, 5) is 28.1. The number of nitrogens with zero attached hydrogens (tertiary/aromatic N) is 2. The zero-order chi connectivity index (χ0) is 23.1. The Kier molecular flexibility index (Phi) is 7.45. The number of hydrogen-bond donors (Lipinski definition) is 1. The quantitative estimate of drug-likeness (QED) is 0.394. The maximum atomic E-state index is 13.0. The van der Waals surface area contributed by atoms with Crippen molar-refractivity contribution in [2.24, 2.45) is 0 Å². The van der Waals surface area contributed by atoms with E-state index in [1.165, 1.54) is 34.8 Å². The van der Waals surface area contributed by atoms with Crippen LogP contribution < -0.4 is 9.62 Å². The summed E-state index contributed by atoms with van der Waals surface area (Å²) in [6.45, 7) is 1.44. The van der Waals surface area contributed by atoms with Crippen LogP contribution in [0.25, 0.3) is 0 Å². The molecule has 0 unspecified atom stereocenters. The van der Waals surface area contributed by atoms with Gasteiger partial charge >= 0.3 is 5.97 Å². The van der Waals surface area contributed by atoms with Gasteiger partial charge in [0, 0.05) is 12.7 Å². The molecule has 0 spiro atoms. The number of carbonyl (C=O) groups excluding carboxylic acids is 2. The Morgan fingerprint density at radius 3 is 2.34 bits per heavy atom. The monoisotopic (exact) mass is 473 g/mol. The van der Waals surface area contributed by atoms with E-state index in [0.29, 0.717) is 11.4 Å². The van der Waals surface area contributed by atoms with Crippen LogP contribution in [0.3, 0.4) is 0 Å². The van der Waals surface area contributed by atoms with Gasteiger partial charge in [0.25, 0.3) is 15.9 Å². The number of hydrogen-bond acceptors (Lipinski definition) is 6. The lowest BCUT2D eigenvalue weighted by molar-refractivity contribution is -0.119. The Morgan fingerprint density at radius 2 is 1.72 bits per heavy atom. The van der Waals surface area contributed by atoms with Gasteiger partial charge in [0.15, 0.2) is 11.8 Å². The van der Waals surface area contributed by atoms with E-state index in [9.17, 15) is 18.0 Å². The molecule has 1 aromatic heterocycles. The first-order valence-electron chi connectivity index (χ1n) is 9.58. The summed E-state index contributed by atoms with van der Waals surface area (Å²) in [5.74, 6) is -1.36. The second-order valence-electron chi connectivity index (χ2n) is 6.50. The molecule has 2 aromatic carbocycles. The van der Waals surface area contributed by atoms with E-state index >= 15 is 0 Å². The number of esters is 1. The Bertz CT molecular complexity index is 1200. The fourth-order valence-electron chi connectivity index (χ4n) is 2.86. The van der Waals surface area contributed by atoms with Crippen molar-refractivity contribution in [1.82, 2.24) is 4.98 Å². The topological polar surface area (TPSA) is 106 Å². The van der Waals surface area contributed by atoms with Gasteiger partial charge in [-0.1, -0.05) is 29.8 Å². The number of rotatable bonds is 8. The molecular formula is C22H20ClN3O5S. The van der Waals surface area contributed by atoms with Gasteiger partial charge in [0.1, 0.15) is 0 Å². The SMILES string of the molecule is CCN(c1ccccc1)S(=O)(=O)c1ccc(C(=O)OCC(=O)Nc2cccnc2Cl)cc1. The number of pyridine rings is 1. The van der Waals surface area contributed by atoms with E-state index in [1.807, 2.05) is 0 Å². The van der Waals surface area contributed by atoms with Crippen molar-refractivity contribution in [1.29, 1.82) is 0 Å². The smallest absolute Gasteiger partial charge is 0.338 e. The second-order valence-corrected chi connectivity index (χ2v) is 8.72. The first-order chi connectivity index (χ1) is 15.3. The van der Waals surface area contributed by atoms with Gasteiger partial charge < -0.3 is 10.1 Å². The lowest BCUT2D eigenvalue weighted by atomic mass is 10.2. The zero-order valence-electron chi connectivity index (χ0n) is 17.1. The average Bonchev–Trinajstić information content (AvgIpc) is 2.80. The standard InChI is InChI=1S/C22H20ClN3O5S/c1-2-26(17-7-4-3-5-8-17)32(29,30)18-12-10-16(11-13-18)22(28)31-15-20(27)25-19-9-6-14-24-21(19)23/h3-14H,2,15H2,1H3,(H,25,27). The summed E-state index contributed by atoms with van der Waals surface area (Å²) in [6, 6.07) is 17.2. The summed E-state index contributed by atoms with van der Waals surface area (Å²) in [5, 5.41) is 2.60. The number of carbonyl (C=O) groups is 2. The summed E-state index contributed by atoms with van der Waals surface area (Å²) >= 11 is 5.86. The average molecular weight is 474 g/mol. The van der Waals surface area contributed by atoms with E-state index in [4.69, 9.17) is 16.3 Å². The molecule has 8 nitrogen and oxygen atoms in total. The maximum Gasteiger partial charge on any atom is 0.338 e. The van der Waals surface area contributed by atoms with E-state index in [0.717, 1.165) is 0 Å². The number of aromatic nitrogens is 1. The van der Waals surface area contributed by atoms with Crippen LogP contribution in [-0.4, -0.2) is 38.4 Å². The van der Waals surface area contributed by atoms with Crippen LogP contribution >= 0.6 is 11.6 Å². The highest BCUT2D eigenvalue weighted by molar-refractivity contribution is 7.92. The van der Waals surface area contributed by atoms with Gasteiger partial charge in [-0.2, -0.15) is 0 Å². The van der Waals surface area contributed by atoms with Crippen LogP contribution in [0.1, 0.15) is 17.3 Å². The second kappa shape index (κ2) is 10.3. The molecule has 1 heterocycles. The van der Waals surface area contributed by atoms with Crippen molar-refractivity contribution in [2.45, 2.75) is 11.8 Å². The van der Waals surface area contributed by atoms with Gasteiger partial charge in [0.2, 0.25) is 0 Å². The molecule has 0 saturated carbocycles. The van der Waals surface area contributed by atoms with Gasteiger partial charge in [-0.3, -0.25) is 9.10 Å². The minimum atomic E-state index is -3.81. The fourth-order valence-corrected chi connectivity index (χ4v) is 4.50. The van der Waals surface area contributed by atoms with Crippen molar-refractivity contribution in [3.05, 3.63) is 83.6 Å². The number of nitrogens with one attached hydrogen (secondary N) is 1. The zero-order valence-corrected chi connectivity index (χ0v) is 18.6. The molecule has 0 aliphatic rings. The van der Waals surface area contributed by atoms with Crippen LogP contribution in [0.4, 0.5) is 11.4 Å². The van der Waals surface area contributed by atoms with Crippen LogP contribution in [0.2, 0.25) is 5.15 Å². The number of para-hydroxylation sites is 1. The summed E-state index contributed by atoms with van der Waals surface area (Å²) < 4.78 is 32.3. The number of benzene rings is 2. The van der Waals surface area contributed by atoms with Crippen LogP contribution in [0.5, 0.6) is 0 Å². The molecule has 1 N–H and O–H groups in total. The number of halogens is 1. The number of anilines is 2. The Hall–Kier alpha value is -3.43. The summed E-state index contributed by atoms with van der Waals surface area (Å²) in [6.07, 6.45) is 1.47. The molecule has 32 heavy (non-hydrogen) atoms. The van der Waals surface area contributed by atoms with Crippen molar-refractivity contribution < 1.29 is 22.7 Å². The lowest BCUT2D eigenvalue weighted by Gasteiger charge is -2.22. The molecule has 0 bridgehead atoms. The van der Waals surface area contributed by atoms with E-state index in [-0.39, 0.29) is 22.2 Å². The van der Waals surface area contributed by atoms with Crippen LogP contribution in [0.15, 0.2) is 77.8 Å². The number of sulfonamides is 1. The molecule has 10 heteroatoms. The molecule has 0 radical (unpaired) electrons. The molecular weight excluding hydrogens is 454 g/mol. The van der Waals surface area contributed by atoms with Gasteiger partial charge in [-0.15, -0.1) is 0 Å². The van der Waals surface area contributed by atoms with Crippen LogP contribution in [-0.2, 0) is 19.6 Å². The first-order valence-corrected chi connectivity index (χ1v) is 11.4. The van der Waals surface area contributed by atoms with Crippen molar-refractivity contribution in [3.63, 3.8) is 0 Å². The van der Waals surface area contributed by atoms with E-state index in [1.54, 1.807) is 49.4 Å². The molecule has 3 aromatic rings. The third-order valence-electron chi connectivity index (χ3n) is 4.38. The minimum absolute atomic E-state index is 0.0312. The van der Waals surface area contributed by atoms with Gasteiger partial charge in [-0.05, 0) is 55.5 Å². The Balaban J connectivity index is 1.65. The minimum Gasteiger partial charge on any atom is -0.452 e. The highest BCUT2D eigenvalue weighted by atomic mass is 35.5. The third kappa shape index (κ3) is 5.43. The summed E-state index contributed by atoms with van der Waals surface area (Å²) in [5.41, 5.74) is 0.945. The molecule has 0 fully saturated rings. The summed E-state index contributed by atoms with van der Waals surface area (Å²) in [7, 11) is -3.81. The van der Waals surface area contributed by atoms with Crippen molar-refractivity contribution in [2.75, 3.05) is 22.8 Å². The highest BCUT2D eigenvalue weighted by Gasteiger charge is 2.24. The largest absolute Gasteiger partial charge is 0.452 e. The van der Waals surface area contributed by atoms with Gasteiger partial charge in [-0.25, -0.2) is 18.2 Å².